The van der Waals surface area contributed by atoms with Gasteiger partial charge in [0.05, 0.1) is 18.4 Å². The van der Waals surface area contributed by atoms with E-state index in [-0.39, 0.29) is 17.2 Å². The summed E-state index contributed by atoms with van der Waals surface area (Å²) in [7, 11) is 3.88. The Morgan fingerprint density at radius 2 is 2.24 bits per heavy atom. The molecule has 1 rings (SSSR count). The van der Waals surface area contributed by atoms with E-state index in [0.29, 0.717) is 18.8 Å². The van der Waals surface area contributed by atoms with Crippen molar-refractivity contribution >= 4 is 29.1 Å². The molecule has 6 nitrogen and oxygen atoms in total. The number of hydrogen-bond donors (Lipinski definition) is 2. The third-order valence-electron chi connectivity index (χ3n) is 2.75. The molecule has 0 saturated heterocycles. The molecule has 0 aromatic carbocycles. The lowest BCUT2D eigenvalue weighted by molar-refractivity contribution is 0.296. The van der Waals surface area contributed by atoms with Crippen LogP contribution in [-0.2, 0) is 6.54 Å². The van der Waals surface area contributed by atoms with Crippen LogP contribution in [0.25, 0.3) is 0 Å². The Morgan fingerprint density at radius 1 is 1.48 bits per heavy atom. The Hall–Kier alpha value is -0.760. The highest BCUT2D eigenvalue weighted by Gasteiger charge is 2.08. The highest BCUT2D eigenvalue weighted by molar-refractivity contribution is 7.99. The summed E-state index contributed by atoms with van der Waals surface area (Å²) < 4.78 is 1.38. The maximum atomic E-state index is 12.1. The fourth-order valence-corrected chi connectivity index (χ4v) is 2.57. The molecule has 8 heteroatoms. The second-order valence-electron chi connectivity index (χ2n) is 4.82. The predicted molar refractivity (Wildman–Crippen MR) is 89.6 cm³/mol. The van der Waals surface area contributed by atoms with Gasteiger partial charge in [0.1, 0.15) is 5.02 Å². The molecule has 0 spiro atoms. The van der Waals surface area contributed by atoms with Crippen molar-refractivity contribution in [2.24, 2.45) is 0 Å². The molecule has 0 bridgehead atoms. The van der Waals surface area contributed by atoms with Gasteiger partial charge in [-0.2, -0.15) is 16.9 Å². The van der Waals surface area contributed by atoms with E-state index in [1.54, 1.807) is 18.0 Å². The number of hydrogen-bond acceptors (Lipinski definition) is 6. The van der Waals surface area contributed by atoms with Crippen molar-refractivity contribution in [3.63, 3.8) is 0 Å². The van der Waals surface area contributed by atoms with Gasteiger partial charge in [-0.3, -0.25) is 4.79 Å². The van der Waals surface area contributed by atoms with Crippen LogP contribution >= 0.6 is 23.4 Å². The van der Waals surface area contributed by atoms with Gasteiger partial charge in [-0.25, -0.2) is 4.68 Å². The van der Waals surface area contributed by atoms with E-state index in [4.69, 9.17) is 16.7 Å². The minimum Gasteiger partial charge on any atom is -0.396 e. The number of nitrogens with one attached hydrogen (secondary N) is 1. The molecule has 120 valence electrons. The average molecular weight is 335 g/mol. The first-order valence-corrected chi connectivity index (χ1v) is 8.42. The normalized spacial score (nSPS) is 11.1. The minimum atomic E-state index is -0.267. The van der Waals surface area contributed by atoms with Crippen molar-refractivity contribution in [2.75, 3.05) is 50.6 Å². The first-order chi connectivity index (χ1) is 10.1. The largest absolute Gasteiger partial charge is 0.396 e. The molecular weight excluding hydrogens is 312 g/mol. The van der Waals surface area contributed by atoms with Crippen LogP contribution in [-0.4, -0.2) is 65.1 Å². The standard InChI is InChI=1S/C13H23ClN4O2S/c1-17(2)5-6-18-13(20)12(14)11(10-16-18)15-4-9-21-8-3-7-19/h10,15,19H,3-9H2,1-2H3. The Kier molecular flexibility index (Phi) is 8.75. The van der Waals surface area contributed by atoms with E-state index in [9.17, 15) is 4.79 Å². The quantitative estimate of drug-likeness (QED) is 0.622. The van der Waals surface area contributed by atoms with Crippen LogP contribution in [0.3, 0.4) is 0 Å². The van der Waals surface area contributed by atoms with Gasteiger partial charge in [-0.15, -0.1) is 0 Å². The van der Waals surface area contributed by atoms with Gasteiger partial charge in [0, 0.05) is 25.4 Å². The van der Waals surface area contributed by atoms with E-state index in [1.165, 1.54) is 4.68 Å². The molecule has 0 unspecified atom stereocenters. The van der Waals surface area contributed by atoms with Gasteiger partial charge in [-0.05, 0) is 26.3 Å². The fraction of sp³-hybridized carbons (Fsp3) is 0.692. The number of aliphatic hydroxyl groups excluding tert-OH is 1. The molecule has 1 aromatic heterocycles. The summed E-state index contributed by atoms with van der Waals surface area (Å²) in [5.41, 5.74) is 0.307. The average Bonchev–Trinajstić information content (AvgIpc) is 2.45. The van der Waals surface area contributed by atoms with Gasteiger partial charge >= 0.3 is 0 Å². The molecule has 2 N–H and O–H groups in total. The zero-order valence-corrected chi connectivity index (χ0v) is 14.1. The number of aliphatic hydroxyl groups is 1. The summed E-state index contributed by atoms with van der Waals surface area (Å²) >= 11 is 7.83. The highest BCUT2D eigenvalue weighted by atomic mass is 35.5. The molecule has 0 aliphatic carbocycles. The summed E-state index contributed by atoms with van der Waals surface area (Å²) in [4.78, 5) is 14.0. The molecule has 1 heterocycles. The van der Waals surface area contributed by atoms with Crippen molar-refractivity contribution in [2.45, 2.75) is 13.0 Å². The van der Waals surface area contributed by atoms with E-state index >= 15 is 0 Å². The Labute approximate surface area is 134 Å². The molecule has 0 radical (unpaired) electrons. The molecule has 0 fully saturated rings. The van der Waals surface area contributed by atoms with E-state index in [1.807, 2.05) is 19.0 Å². The zero-order chi connectivity index (χ0) is 15.7. The Bertz CT molecular complexity index is 482. The third kappa shape index (κ3) is 6.69. The first kappa shape index (κ1) is 18.3. The molecule has 0 atom stereocenters. The van der Waals surface area contributed by atoms with Crippen molar-refractivity contribution in [3.05, 3.63) is 21.6 Å². The molecule has 0 saturated carbocycles. The number of aromatic nitrogens is 2. The predicted octanol–water partition coefficient (Wildman–Crippen LogP) is 0.986. The van der Waals surface area contributed by atoms with Crippen molar-refractivity contribution < 1.29 is 5.11 Å². The van der Waals surface area contributed by atoms with Gasteiger partial charge in [0.2, 0.25) is 0 Å². The lowest BCUT2D eigenvalue weighted by Gasteiger charge is -2.12. The number of halogens is 1. The van der Waals surface area contributed by atoms with Crippen molar-refractivity contribution in [1.29, 1.82) is 0 Å². The molecular formula is C13H23ClN4O2S. The zero-order valence-electron chi connectivity index (χ0n) is 12.5. The summed E-state index contributed by atoms with van der Waals surface area (Å²) in [5, 5.41) is 16.1. The summed E-state index contributed by atoms with van der Waals surface area (Å²) in [5.74, 6) is 1.82. The lowest BCUT2D eigenvalue weighted by Crippen LogP contribution is -2.29. The number of likely N-dealkylation sites (N-methyl/N-ethyl adjacent to an activating group) is 1. The van der Waals surface area contributed by atoms with E-state index in [0.717, 1.165) is 24.5 Å². The Morgan fingerprint density at radius 3 is 2.90 bits per heavy atom. The van der Waals surface area contributed by atoms with Crippen LogP contribution in [0.1, 0.15) is 6.42 Å². The third-order valence-corrected chi connectivity index (χ3v) is 4.19. The maximum Gasteiger partial charge on any atom is 0.287 e. The van der Waals surface area contributed by atoms with Crippen LogP contribution in [0, 0.1) is 0 Å². The Balaban J connectivity index is 2.49. The maximum absolute atomic E-state index is 12.1. The smallest absolute Gasteiger partial charge is 0.287 e. The summed E-state index contributed by atoms with van der Waals surface area (Å²) in [6.45, 7) is 2.18. The first-order valence-electron chi connectivity index (χ1n) is 6.89. The SMILES string of the molecule is CN(C)CCn1ncc(NCCSCCCO)c(Cl)c1=O. The van der Waals surface area contributed by atoms with Gasteiger partial charge in [0.15, 0.2) is 0 Å². The van der Waals surface area contributed by atoms with Gasteiger partial charge in [-0.1, -0.05) is 11.6 Å². The number of nitrogens with zero attached hydrogens (tertiary/aromatic N) is 3. The molecule has 0 aliphatic heterocycles. The summed E-state index contributed by atoms with van der Waals surface area (Å²) in [6, 6.07) is 0. The number of thioether (sulfide) groups is 1. The molecule has 21 heavy (non-hydrogen) atoms. The molecule has 0 aliphatic rings. The molecule has 0 amide bonds. The van der Waals surface area contributed by atoms with Gasteiger partial charge < -0.3 is 15.3 Å². The number of anilines is 1. The van der Waals surface area contributed by atoms with Crippen LogP contribution < -0.4 is 10.9 Å². The number of rotatable bonds is 10. The van der Waals surface area contributed by atoms with Crippen LogP contribution in [0.5, 0.6) is 0 Å². The van der Waals surface area contributed by atoms with Crippen molar-refractivity contribution in [1.82, 2.24) is 14.7 Å². The monoisotopic (exact) mass is 334 g/mol. The highest BCUT2D eigenvalue weighted by Crippen LogP contribution is 2.15. The lowest BCUT2D eigenvalue weighted by atomic mass is 10.4. The second-order valence-corrected chi connectivity index (χ2v) is 6.42. The minimum absolute atomic E-state index is 0.184. The van der Waals surface area contributed by atoms with Crippen LogP contribution in [0.15, 0.2) is 11.0 Å². The van der Waals surface area contributed by atoms with Crippen LogP contribution in [0.4, 0.5) is 5.69 Å². The molecule has 1 aromatic rings. The fourth-order valence-electron chi connectivity index (χ4n) is 1.57. The topological polar surface area (TPSA) is 70.4 Å². The van der Waals surface area contributed by atoms with E-state index in [2.05, 4.69) is 10.4 Å². The second kappa shape index (κ2) is 10.0. The summed E-state index contributed by atoms with van der Waals surface area (Å²) in [6.07, 6.45) is 2.40. The van der Waals surface area contributed by atoms with Crippen molar-refractivity contribution in [3.8, 4) is 0 Å². The van der Waals surface area contributed by atoms with E-state index < -0.39 is 0 Å². The van der Waals surface area contributed by atoms with Gasteiger partial charge in [0.25, 0.3) is 5.56 Å². The van der Waals surface area contributed by atoms with Crippen LogP contribution in [0.2, 0.25) is 5.02 Å².